The number of aromatic nitrogens is 2. The van der Waals surface area contributed by atoms with Gasteiger partial charge in [0.2, 0.25) is 5.91 Å². The van der Waals surface area contributed by atoms with Crippen LogP contribution in [-0.2, 0) is 14.3 Å². The van der Waals surface area contributed by atoms with Crippen LogP contribution in [0.4, 0.5) is 0 Å². The third-order valence-electron chi connectivity index (χ3n) is 6.18. The molecule has 2 aromatic carbocycles. The number of hydrogen-bond acceptors (Lipinski definition) is 6. The Morgan fingerprint density at radius 3 is 2.46 bits per heavy atom. The lowest BCUT2D eigenvalue weighted by atomic mass is 9.97. The first-order chi connectivity index (χ1) is 17.0. The van der Waals surface area contributed by atoms with Crippen LogP contribution in [0.3, 0.4) is 0 Å². The fourth-order valence-corrected chi connectivity index (χ4v) is 5.32. The summed E-state index contributed by atoms with van der Waals surface area (Å²) in [6.07, 6.45) is 3.11. The van der Waals surface area contributed by atoms with Gasteiger partial charge in [-0.25, -0.2) is 4.98 Å². The lowest BCUT2D eigenvalue weighted by Gasteiger charge is -2.32. The molecule has 7 nitrogen and oxygen atoms in total. The summed E-state index contributed by atoms with van der Waals surface area (Å²) < 4.78 is 12.8. The Bertz CT molecular complexity index is 1160. The molecule has 1 aliphatic heterocycles. The number of benzene rings is 2. The van der Waals surface area contributed by atoms with E-state index in [-0.39, 0.29) is 23.0 Å². The summed E-state index contributed by atoms with van der Waals surface area (Å²) in [5, 5.41) is 0.379. The summed E-state index contributed by atoms with van der Waals surface area (Å²) in [7, 11) is 1.65. The number of nitrogens with zero attached hydrogens (tertiary/aromatic N) is 3. The van der Waals surface area contributed by atoms with Gasteiger partial charge in [-0.1, -0.05) is 54.2 Å². The summed E-state index contributed by atoms with van der Waals surface area (Å²) in [5.41, 5.74) is 2.81. The van der Waals surface area contributed by atoms with Crippen molar-refractivity contribution in [3.05, 3.63) is 60.8 Å². The SMILES string of the molecule is CCOC(=O)C1CCN(C(=O)C(C)Sc2ncc(-c3ccccc3)n2-c2ccccc2OC)CC1. The van der Waals surface area contributed by atoms with Gasteiger partial charge in [0.1, 0.15) is 5.75 Å². The van der Waals surface area contributed by atoms with Crippen LogP contribution in [0.15, 0.2) is 66.0 Å². The van der Waals surface area contributed by atoms with Crippen molar-refractivity contribution in [1.29, 1.82) is 0 Å². The van der Waals surface area contributed by atoms with Gasteiger partial charge in [0.25, 0.3) is 0 Å². The van der Waals surface area contributed by atoms with Crippen LogP contribution in [-0.4, -0.2) is 58.4 Å². The molecular formula is C27H31N3O4S. The van der Waals surface area contributed by atoms with Crippen molar-refractivity contribution < 1.29 is 19.1 Å². The van der Waals surface area contributed by atoms with Gasteiger partial charge < -0.3 is 14.4 Å². The second-order valence-corrected chi connectivity index (χ2v) is 9.72. The molecule has 0 aliphatic carbocycles. The number of imidazole rings is 1. The zero-order chi connectivity index (χ0) is 24.8. The summed E-state index contributed by atoms with van der Waals surface area (Å²) in [4.78, 5) is 31.9. The Hall–Kier alpha value is -3.26. The quantitative estimate of drug-likeness (QED) is 0.331. The van der Waals surface area contributed by atoms with Gasteiger partial charge in [-0.05, 0) is 38.8 Å². The van der Waals surface area contributed by atoms with Crippen LogP contribution >= 0.6 is 11.8 Å². The molecule has 0 saturated carbocycles. The maximum Gasteiger partial charge on any atom is 0.309 e. The highest BCUT2D eigenvalue weighted by Gasteiger charge is 2.31. The first kappa shape index (κ1) is 24.9. The number of carbonyl (C=O) groups excluding carboxylic acids is 2. The van der Waals surface area contributed by atoms with Gasteiger partial charge in [0.15, 0.2) is 5.16 Å². The number of esters is 1. The molecule has 0 spiro atoms. The van der Waals surface area contributed by atoms with E-state index in [2.05, 4.69) is 4.57 Å². The number of thioether (sulfide) groups is 1. The Morgan fingerprint density at radius 1 is 1.09 bits per heavy atom. The van der Waals surface area contributed by atoms with E-state index in [9.17, 15) is 9.59 Å². The van der Waals surface area contributed by atoms with E-state index in [1.165, 1.54) is 11.8 Å². The molecule has 184 valence electrons. The summed E-state index contributed by atoms with van der Waals surface area (Å²) in [5.74, 6) is 0.492. The minimum Gasteiger partial charge on any atom is -0.495 e. The molecule has 1 amide bonds. The number of methoxy groups -OCH3 is 1. The Labute approximate surface area is 210 Å². The monoisotopic (exact) mass is 493 g/mol. The normalized spacial score (nSPS) is 15.0. The van der Waals surface area contributed by atoms with Crippen molar-refractivity contribution >= 4 is 23.6 Å². The number of carbonyl (C=O) groups is 2. The molecule has 0 bridgehead atoms. The van der Waals surface area contributed by atoms with Crippen LogP contribution in [0, 0.1) is 5.92 Å². The lowest BCUT2D eigenvalue weighted by Crippen LogP contribution is -2.43. The highest BCUT2D eigenvalue weighted by molar-refractivity contribution is 8.00. The summed E-state index contributed by atoms with van der Waals surface area (Å²) >= 11 is 1.43. The van der Waals surface area contributed by atoms with E-state index in [0.717, 1.165) is 27.9 Å². The minimum atomic E-state index is -0.339. The first-order valence-electron chi connectivity index (χ1n) is 11.9. The molecule has 1 unspecified atom stereocenters. The van der Waals surface area contributed by atoms with Crippen LogP contribution < -0.4 is 4.74 Å². The van der Waals surface area contributed by atoms with Gasteiger partial charge in [-0.3, -0.25) is 14.2 Å². The van der Waals surface area contributed by atoms with Crippen LogP contribution in [0.1, 0.15) is 26.7 Å². The maximum absolute atomic E-state index is 13.3. The first-order valence-corrected chi connectivity index (χ1v) is 12.8. The minimum absolute atomic E-state index is 0.0492. The second-order valence-electron chi connectivity index (χ2n) is 8.41. The van der Waals surface area contributed by atoms with E-state index >= 15 is 0 Å². The highest BCUT2D eigenvalue weighted by Crippen LogP contribution is 2.35. The van der Waals surface area contributed by atoms with Crippen molar-refractivity contribution in [1.82, 2.24) is 14.5 Å². The van der Waals surface area contributed by atoms with Crippen molar-refractivity contribution in [3.8, 4) is 22.7 Å². The number of piperidine rings is 1. The fraction of sp³-hybridized carbons (Fsp3) is 0.370. The third-order valence-corrected chi connectivity index (χ3v) is 7.24. The maximum atomic E-state index is 13.3. The van der Waals surface area contributed by atoms with E-state index in [1.807, 2.05) is 79.5 Å². The Balaban J connectivity index is 1.56. The lowest BCUT2D eigenvalue weighted by molar-refractivity contribution is -0.151. The number of amides is 1. The molecule has 1 aliphatic rings. The molecule has 1 aromatic heterocycles. The fourth-order valence-electron chi connectivity index (χ4n) is 4.34. The molecular weight excluding hydrogens is 462 g/mol. The molecule has 1 fully saturated rings. The number of para-hydroxylation sites is 2. The number of ether oxygens (including phenoxy) is 2. The van der Waals surface area contributed by atoms with Gasteiger partial charge in [0, 0.05) is 18.7 Å². The Morgan fingerprint density at radius 2 is 1.77 bits per heavy atom. The smallest absolute Gasteiger partial charge is 0.309 e. The highest BCUT2D eigenvalue weighted by atomic mass is 32.2. The average molecular weight is 494 g/mol. The molecule has 3 aromatic rings. The topological polar surface area (TPSA) is 73.7 Å². The van der Waals surface area contributed by atoms with Gasteiger partial charge in [-0.2, -0.15) is 0 Å². The standard InChI is InChI=1S/C27H31N3O4S/c1-4-34-26(32)21-14-16-29(17-15-21)25(31)19(2)35-27-28-18-23(20-10-6-5-7-11-20)30(27)22-12-8-9-13-24(22)33-3/h5-13,18-19,21H,4,14-17H2,1-3H3. The third kappa shape index (κ3) is 5.53. The second kappa shape index (κ2) is 11.4. The zero-order valence-electron chi connectivity index (χ0n) is 20.3. The van der Waals surface area contributed by atoms with E-state index < -0.39 is 0 Å². The molecule has 35 heavy (non-hydrogen) atoms. The van der Waals surface area contributed by atoms with E-state index in [0.29, 0.717) is 32.5 Å². The van der Waals surface area contributed by atoms with Crippen LogP contribution in [0.25, 0.3) is 16.9 Å². The van der Waals surface area contributed by atoms with Gasteiger partial charge in [-0.15, -0.1) is 0 Å². The molecule has 8 heteroatoms. The van der Waals surface area contributed by atoms with Crippen molar-refractivity contribution in [3.63, 3.8) is 0 Å². The van der Waals surface area contributed by atoms with Gasteiger partial charge in [0.05, 0.1) is 42.5 Å². The molecule has 1 saturated heterocycles. The summed E-state index contributed by atoms with van der Waals surface area (Å²) in [6, 6.07) is 17.9. The van der Waals surface area contributed by atoms with Crippen LogP contribution in [0.2, 0.25) is 0 Å². The summed E-state index contributed by atoms with van der Waals surface area (Å²) in [6.45, 7) is 5.23. The largest absolute Gasteiger partial charge is 0.495 e. The average Bonchev–Trinajstić information content (AvgIpc) is 3.32. The predicted octanol–water partition coefficient (Wildman–Crippen LogP) is 4.83. The molecule has 0 N–H and O–H groups in total. The molecule has 0 radical (unpaired) electrons. The molecule has 4 rings (SSSR count). The molecule has 1 atom stereocenters. The van der Waals surface area contributed by atoms with Crippen molar-refractivity contribution in [2.45, 2.75) is 37.1 Å². The van der Waals surface area contributed by atoms with Crippen LogP contribution in [0.5, 0.6) is 5.75 Å². The van der Waals surface area contributed by atoms with E-state index in [4.69, 9.17) is 14.5 Å². The van der Waals surface area contributed by atoms with Crippen molar-refractivity contribution in [2.24, 2.45) is 5.92 Å². The molecule has 2 heterocycles. The van der Waals surface area contributed by atoms with Crippen molar-refractivity contribution in [2.75, 3.05) is 26.8 Å². The van der Waals surface area contributed by atoms with Gasteiger partial charge >= 0.3 is 5.97 Å². The predicted molar refractivity (Wildman–Crippen MR) is 137 cm³/mol. The van der Waals surface area contributed by atoms with E-state index in [1.54, 1.807) is 7.11 Å². The number of hydrogen-bond donors (Lipinski definition) is 0. The number of rotatable bonds is 8. The zero-order valence-corrected chi connectivity index (χ0v) is 21.2. The Kier molecular flexibility index (Phi) is 8.13. The number of likely N-dealkylation sites (tertiary alicyclic amines) is 1.